The predicted molar refractivity (Wildman–Crippen MR) is 321 cm³/mol. The largest absolute Gasteiger partial charge is 0.497 e. The van der Waals surface area contributed by atoms with E-state index in [1.807, 2.05) is 18.2 Å². The Balaban J connectivity index is 1.01. The maximum atomic E-state index is 5.88. The lowest BCUT2D eigenvalue weighted by Gasteiger charge is -2.43. The van der Waals surface area contributed by atoms with Crippen LogP contribution in [0.4, 0.5) is 56.9 Å². The molecule has 77 heavy (non-hydrogen) atoms. The third-order valence-corrected chi connectivity index (χ3v) is 15.4. The number of rotatable bonds is 13. The zero-order valence-electron chi connectivity index (χ0n) is 43.5. The molecule has 7 heteroatoms. The lowest BCUT2D eigenvalue weighted by Crippen LogP contribution is -2.43. The van der Waals surface area contributed by atoms with Gasteiger partial charge >= 0.3 is 0 Å². The molecule has 0 amide bonds. The second kappa shape index (κ2) is 19.5. The van der Waals surface area contributed by atoms with Crippen LogP contribution in [-0.4, -0.2) is 26.9 Å². The number of nitrogens with zero attached hydrogens (tertiary/aromatic N) is 4. The number of fused-ring (bicyclic) bond motifs is 6. The van der Waals surface area contributed by atoms with Crippen LogP contribution >= 0.6 is 0 Å². The lowest BCUT2D eigenvalue weighted by molar-refractivity contribution is 0.415. The van der Waals surface area contributed by atoms with Crippen molar-refractivity contribution in [3.8, 4) is 17.2 Å². The summed E-state index contributed by atoms with van der Waals surface area (Å²) in [6.07, 6.45) is 5.37. The van der Waals surface area contributed by atoms with Crippen LogP contribution in [0.15, 0.2) is 261 Å². The summed E-state index contributed by atoms with van der Waals surface area (Å²) >= 11 is 0. The van der Waals surface area contributed by atoms with Crippen LogP contribution in [-0.2, 0) is 0 Å². The van der Waals surface area contributed by atoms with E-state index in [2.05, 4.69) is 263 Å². The number of allylic oxidation sites excluding steroid dienone is 2. The van der Waals surface area contributed by atoms with Crippen molar-refractivity contribution in [1.82, 2.24) is 0 Å². The van der Waals surface area contributed by atoms with Crippen LogP contribution in [0.25, 0.3) is 37.9 Å². The summed E-state index contributed by atoms with van der Waals surface area (Å²) in [6.45, 7) is 2.41. The molecule has 0 saturated heterocycles. The first-order valence-electron chi connectivity index (χ1n) is 26.1. The topological polar surface area (TPSA) is 40.7 Å². The van der Waals surface area contributed by atoms with Crippen LogP contribution in [0.3, 0.4) is 0 Å². The van der Waals surface area contributed by atoms with Crippen molar-refractivity contribution in [2.75, 3.05) is 40.9 Å². The zero-order chi connectivity index (χ0) is 52.0. The van der Waals surface area contributed by atoms with Gasteiger partial charge in [0.25, 0.3) is 0 Å². The molecule has 1 heterocycles. The van der Waals surface area contributed by atoms with Gasteiger partial charge in [-0.1, -0.05) is 140 Å². The molecular formula is C70H56N4O3. The van der Waals surface area contributed by atoms with Crippen molar-refractivity contribution in [3.63, 3.8) is 0 Å². The number of hydrogen-bond acceptors (Lipinski definition) is 7. The minimum atomic E-state index is -0.559. The molecule has 13 rings (SSSR count). The molecule has 0 bridgehead atoms. The molecule has 0 spiro atoms. The molecule has 1 unspecified atom stereocenters. The third kappa shape index (κ3) is 8.24. The molecule has 0 N–H and O–H groups in total. The summed E-state index contributed by atoms with van der Waals surface area (Å²) in [5, 5.41) is 7.00. The minimum Gasteiger partial charge on any atom is -0.497 e. The van der Waals surface area contributed by atoms with Gasteiger partial charge < -0.3 is 33.8 Å². The Bertz CT molecular complexity index is 4090. The summed E-state index contributed by atoms with van der Waals surface area (Å²) in [5.41, 5.74) is 13.6. The van der Waals surface area contributed by atoms with Gasteiger partial charge in [0.05, 0.1) is 49.6 Å². The Hall–Kier alpha value is -9.72. The number of benzene rings is 11. The van der Waals surface area contributed by atoms with Gasteiger partial charge in [0.1, 0.15) is 17.2 Å². The fraction of sp³-hybridized carbons (Fsp3) is 0.0857. The number of hydrogen-bond donors (Lipinski definition) is 0. The summed E-state index contributed by atoms with van der Waals surface area (Å²) in [5.74, 6) is 2.38. The molecule has 1 aliphatic heterocycles. The standard InChI is InChI=1S/C70H56N4O3/c1-70-47-57(73(55-25-16-28-60(45-55)77-4)68-34-13-22-50-19-7-10-31-63(50)68)40-42-65(70)64-41-39-56(72(54-24-15-27-59(44-54)76-3)67-33-12-21-49-18-6-9-30-62(49)67)46-69(64)74(70)52-37-35-51(36-38-52)71(53-23-14-26-58(43-53)75-2)66-32-11-20-48-17-5-8-29-61(48)66/h5-46H,47H2,1-4H3. The van der Waals surface area contributed by atoms with Crippen LogP contribution in [0.5, 0.6) is 17.2 Å². The molecule has 1 aliphatic carbocycles. The summed E-state index contributed by atoms with van der Waals surface area (Å²) < 4.78 is 17.6. The Labute approximate surface area is 450 Å². The van der Waals surface area contributed by atoms with E-state index < -0.39 is 5.54 Å². The normalized spacial score (nSPS) is 14.6. The maximum Gasteiger partial charge on any atom is 0.120 e. The SMILES string of the molecule is COc1cccc(N(C2=CC=C3c4ccc(N(c5cccc(OC)c5)c5cccc6ccccc56)cc4N(c4ccc(N(c5cccc(OC)c5)c5cccc6ccccc56)cc4)C3(C)C2)c2cccc3ccccc23)c1. The second-order valence-corrected chi connectivity index (χ2v) is 19.8. The van der Waals surface area contributed by atoms with Gasteiger partial charge in [0.15, 0.2) is 0 Å². The zero-order valence-corrected chi connectivity index (χ0v) is 43.5. The minimum absolute atomic E-state index is 0.559. The first kappa shape index (κ1) is 47.0. The average Bonchev–Trinajstić information content (AvgIpc) is 3.98. The molecule has 0 fully saturated rings. The molecule has 0 aromatic heterocycles. The molecule has 2 aliphatic rings. The van der Waals surface area contributed by atoms with E-state index in [1.54, 1.807) is 21.3 Å². The quantitative estimate of drug-likeness (QED) is 0.114. The van der Waals surface area contributed by atoms with Crippen molar-refractivity contribution in [3.05, 3.63) is 266 Å². The molecule has 374 valence electrons. The fourth-order valence-corrected chi connectivity index (χ4v) is 11.9. The fourth-order valence-electron chi connectivity index (χ4n) is 11.9. The van der Waals surface area contributed by atoms with Crippen molar-refractivity contribution >= 4 is 94.8 Å². The Morgan fingerprint density at radius 1 is 0.377 bits per heavy atom. The van der Waals surface area contributed by atoms with Crippen molar-refractivity contribution in [2.45, 2.75) is 18.9 Å². The monoisotopic (exact) mass is 1000 g/mol. The molecule has 0 saturated carbocycles. The predicted octanol–water partition coefficient (Wildman–Crippen LogP) is 18.5. The van der Waals surface area contributed by atoms with Crippen molar-refractivity contribution in [1.29, 1.82) is 0 Å². The van der Waals surface area contributed by atoms with Crippen molar-refractivity contribution < 1.29 is 14.2 Å². The summed E-state index contributed by atoms with van der Waals surface area (Å²) in [7, 11) is 5.19. The van der Waals surface area contributed by atoms with E-state index in [4.69, 9.17) is 14.2 Å². The van der Waals surface area contributed by atoms with E-state index in [1.165, 1.54) is 32.7 Å². The van der Waals surface area contributed by atoms with E-state index in [0.29, 0.717) is 6.42 Å². The molecule has 11 aromatic rings. The van der Waals surface area contributed by atoms with Crippen molar-refractivity contribution in [2.24, 2.45) is 0 Å². The van der Waals surface area contributed by atoms with Gasteiger partial charge in [-0.25, -0.2) is 0 Å². The van der Waals surface area contributed by atoms with Gasteiger partial charge in [0.2, 0.25) is 0 Å². The van der Waals surface area contributed by atoms with Crippen LogP contribution < -0.4 is 33.8 Å². The van der Waals surface area contributed by atoms with E-state index >= 15 is 0 Å². The maximum absolute atomic E-state index is 5.88. The van der Waals surface area contributed by atoms with E-state index in [9.17, 15) is 0 Å². The average molecular weight is 1000 g/mol. The summed E-state index contributed by atoms with van der Waals surface area (Å²) in [6, 6.07) is 86.7. The van der Waals surface area contributed by atoms with Gasteiger partial charge in [-0.2, -0.15) is 0 Å². The van der Waals surface area contributed by atoms with E-state index in [-0.39, 0.29) is 0 Å². The molecule has 11 aromatic carbocycles. The van der Waals surface area contributed by atoms with E-state index in [0.717, 1.165) is 90.6 Å². The van der Waals surface area contributed by atoms with Crippen LogP contribution in [0, 0.1) is 0 Å². The van der Waals surface area contributed by atoms with Crippen LogP contribution in [0.1, 0.15) is 18.9 Å². The highest BCUT2D eigenvalue weighted by molar-refractivity contribution is 6.04. The lowest BCUT2D eigenvalue weighted by atomic mass is 9.81. The number of ether oxygens (including phenoxy) is 3. The van der Waals surface area contributed by atoms with Crippen LogP contribution in [0.2, 0.25) is 0 Å². The summed E-state index contributed by atoms with van der Waals surface area (Å²) in [4.78, 5) is 9.73. The molecule has 0 radical (unpaired) electrons. The number of methoxy groups -OCH3 is 3. The second-order valence-electron chi connectivity index (χ2n) is 19.8. The number of anilines is 10. The molecular weight excluding hydrogens is 945 g/mol. The highest BCUT2D eigenvalue weighted by atomic mass is 16.5. The highest BCUT2D eigenvalue weighted by Crippen LogP contribution is 2.58. The third-order valence-electron chi connectivity index (χ3n) is 15.4. The first-order chi connectivity index (χ1) is 37.9. The van der Waals surface area contributed by atoms with Gasteiger partial charge in [0, 0.05) is 86.2 Å². The first-order valence-corrected chi connectivity index (χ1v) is 26.1. The van der Waals surface area contributed by atoms with Gasteiger partial charge in [-0.3, -0.25) is 0 Å². The smallest absolute Gasteiger partial charge is 0.120 e. The molecule has 1 atom stereocenters. The Morgan fingerprint density at radius 2 is 0.779 bits per heavy atom. The van der Waals surface area contributed by atoms with Gasteiger partial charge in [-0.05, 0) is 126 Å². The Kier molecular flexibility index (Phi) is 11.9. The highest BCUT2D eigenvalue weighted by Gasteiger charge is 2.48. The Morgan fingerprint density at radius 3 is 1.27 bits per heavy atom. The van der Waals surface area contributed by atoms with Gasteiger partial charge in [-0.15, -0.1) is 0 Å². The molecule has 7 nitrogen and oxygen atoms in total.